The van der Waals surface area contributed by atoms with Crippen molar-refractivity contribution in [2.75, 3.05) is 0 Å². The van der Waals surface area contributed by atoms with Gasteiger partial charge in [-0.15, -0.1) is 11.3 Å². The fourth-order valence-electron chi connectivity index (χ4n) is 1.28. The van der Waals surface area contributed by atoms with Crippen molar-refractivity contribution >= 4 is 17.3 Å². The van der Waals surface area contributed by atoms with Crippen LogP contribution >= 0.6 is 11.3 Å². The van der Waals surface area contributed by atoms with Crippen molar-refractivity contribution in [3.05, 3.63) is 28.5 Å². The van der Waals surface area contributed by atoms with Crippen molar-refractivity contribution < 1.29 is 14.3 Å². The summed E-state index contributed by atoms with van der Waals surface area (Å²) in [5.41, 5.74) is 1.49. The van der Waals surface area contributed by atoms with Gasteiger partial charge in [0.05, 0.1) is 12.0 Å². The third-order valence-corrected chi connectivity index (χ3v) is 3.19. The highest BCUT2D eigenvalue weighted by atomic mass is 32.1. The van der Waals surface area contributed by atoms with Gasteiger partial charge in [0.2, 0.25) is 0 Å². The number of hydrogen-bond acceptors (Lipinski definition) is 4. The Labute approximate surface area is 90.2 Å². The second-order valence-electron chi connectivity index (χ2n) is 3.17. The van der Waals surface area contributed by atoms with Crippen molar-refractivity contribution in [3.8, 4) is 10.8 Å². The van der Waals surface area contributed by atoms with Crippen LogP contribution in [0.4, 0.5) is 0 Å². The Morgan fingerprint density at radius 3 is 2.73 bits per heavy atom. The van der Waals surface area contributed by atoms with Crippen LogP contribution in [0, 0.1) is 13.8 Å². The molecule has 0 bridgehead atoms. The molecule has 0 saturated carbocycles. The van der Waals surface area contributed by atoms with Crippen LogP contribution in [0.3, 0.4) is 0 Å². The van der Waals surface area contributed by atoms with Gasteiger partial charge in [-0.1, -0.05) is 0 Å². The summed E-state index contributed by atoms with van der Waals surface area (Å²) in [6, 6.07) is 1.83. The third kappa shape index (κ3) is 1.66. The van der Waals surface area contributed by atoms with Crippen LogP contribution < -0.4 is 0 Å². The molecule has 0 fully saturated rings. The minimum Gasteiger partial charge on any atom is -0.477 e. The number of hydrogen-bond donors (Lipinski definition) is 1. The summed E-state index contributed by atoms with van der Waals surface area (Å²) in [4.78, 5) is 15.3. The molecule has 0 aliphatic rings. The van der Waals surface area contributed by atoms with Crippen LogP contribution in [-0.2, 0) is 0 Å². The highest BCUT2D eigenvalue weighted by molar-refractivity contribution is 7.16. The van der Waals surface area contributed by atoms with Gasteiger partial charge >= 0.3 is 5.97 Å². The highest BCUT2D eigenvalue weighted by Crippen LogP contribution is 2.30. The molecule has 0 amide bonds. The van der Waals surface area contributed by atoms with Crippen LogP contribution in [0.2, 0.25) is 0 Å². The Bertz CT molecular complexity index is 512. The predicted molar refractivity (Wildman–Crippen MR) is 56.2 cm³/mol. The number of nitrogens with zero attached hydrogens (tertiary/aromatic N) is 1. The van der Waals surface area contributed by atoms with Crippen molar-refractivity contribution in [2.45, 2.75) is 13.8 Å². The van der Waals surface area contributed by atoms with Crippen LogP contribution in [0.15, 0.2) is 16.7 Å². The number of carboxylic acid groups (broad SMARTS) is 1. The van der Waals surface area contributed by atoms with E-state index in [-0.39, 0.29) is 4.88 Å². The van der Waals surface area contributed by atoms with Gasteiger partial charge in [-0.3, -0.25) is 0 Å². The Hall–Kier alpha value is -1.62. The molecule has 0 aromatic carbocycles. The molecular weight excluding hydrogens is 214 g/mol. The number of carboxylic acids is 1. The van der Waals surface area contributed by atoms with Crippen molar-refractivity contribution in [1.82, 2.24) is 4.98 Å². The number of aromatic nitrogens is 1. The number of rotatable bonds is 2. The molecule has 0 radical (unpaired) electrons. The van der Waals surface area contributed by atoms with E-state index in [0.29, 0.717) is 16.5 Å². The lowest BCUT2D eigenvalue weighted by molar-refractivity contribution is 0.0701. The second kappa shape index (κ2) is 3.51. The molecule has 2 rings (SSSR count). The Morgan fingerprint density at radius 1 is 1.53 bits per heavy atom. The summed E-state index contributed by atoms with van der Waals surface area (Å²) in [7, 11) is 0. The van der Waals surface area contributed by atoms with E-state index < -0.39 is 5.97 Å². The highest BCUT2D eigenvalue weighted by Gasteiger charge is 2.17. The lowest BCUT2D eigenvalue weighted by atomic mass is 10.3. The van der Waals surface area contributed by atoms with Crippen LogP contribution in [0.1, 0.15) is 20.9 Å². The summed E-state index contributed by atoms with van der Waals surface area (Å²) >= 11 is 1.14. The average molecular weight is 223 g/mol. The lowest BCUT2D eigenvalue weighted by Crippen LogP contribution is -1.94. The first-order valence-corrected chi connectivity index (χ1v) is 5.16. The minimum absolute atomic E-state index is 0.265. The quantitative estimate of drug-likeness (QED) is 0.850. The standard InChI is InChI=1S/C10H9NO3S/c1-5-3-4-14-7(5)9-11-6(2)8(15-9)10(12)13/h3-4H,1-2H3,(H,12,13). The van der Waals surface area contributed by atoms with Crippen molar-refractivity contribution in [3.63, 3.8) is 0 Å². The SMILES string of the molecule is Cc1ccoc1-c1nc(C)c(C(=O)O)s1. The largest absolute Gasteiger partial charge is 0.477 e. The maximum atomic E-state index is 10.8. The molecule has 2 aromatic rings. The lowest BCUT2D eigenvalue weighted by Gasteiger charge is -1.89. The smallest absolute Gasteiger partial charge is 0.347 e. The monoisotopic (exact) mass is 223 g/mol. The van der Waals surface area contributed by atoms with E-state index in [4.69, 9.17) is 9.52 Å². The minimum atomic E-state index is -0.944. The molecule has 0 unspecified atom stereocenters. The molecule has 4 nitrogen and oxygen atoms in total. The van der Waals surface area contributed by atoms with Crippen molar-refractivity contribution in [2.24, 2.45) is 0 Å². The van der Waals surface area contributed by atoms with Gasteiger partial charge in [0.15, 0.2) is 10.8 Å². The molecule has 2 aromatic heterocycles. The normalized spacial score (nSPS) is 10.5. The summed E-state index contributed by atoms with van der Waals surface area (Å²) in [6.45, 7) is 3.58. The first-order valence-electron chi connectivity index (χ1n) is 4.35. The zero-order chi connectivity index (χ0) is 11.0. The van der Waals surface area contributed by atoms with Crippen LogP contribution in [-0.4, -0.2) is 16.1 Å². The molecular formula is C10H9NO3S. The van der Waals surface area contributed by atoms with Crippen LogP contribution in [0.25, 0.3) is 10.8 Å². The van der Waals surface area contributed by atoms with Gasteiger partial charge in [0, 0.05) is 0 Å². The molecule has 15 heavy (non-hydrogen) atoms. The van der Waals surface area contributed by atoms with Gasteiger partial charge in [0.25, 0.3) is 0 Å². The molecule has 2 heterocycles. The molecule has 0 saturated heterocycles. The van der Waals surface area contributed by atoms with Gasteiger partial charge < -0.3 is 9.52 Å². The van der Waals surface area contributed by atoms with Crippen LogP contribution in [0.5, 0.6) is 0 Å². The number of furan rings is 1. The maximum Gasteiger partial charge on any atom is 0.347 e. The first kappa shape index (κ1) is 9.92. The zero-order valence-corrected chi connectivity index (χ0v) is 9.09. The Kier molecular flexibility index (Phi) is 2.32. The molecule has 0 aliphatic carbocycles. The topological polar surface area (TPSA) is 63.3 Å². The number of aryl methyl sites for hydroxylation is 2. The fourth-order valence-corrected chi connectivity index (χ4v) is 2.24. The van der Waals surface area contributed by atoms with E-state index in [1.807, 2.05) is 13.0 Å². The van der Waals surface area contributed by atoms with Gasteiger partial charge in [0.1, 0.15) is 4.88 Å². The van der Waals surface area contributed by atoms with E-state index in [2.05, 4.69) is 4.98 Å². The van der Waals surface area contributed by atoms with Gasteiger partial charge in [-0.2, -0.15) is 0 Å². The Morgan fingerprint density at radius 2 is 2.27 bits per heavy atom. The van der Waals surface area contributed by atoms with E-state index in [9.17, 15) is 4.79 Å². The molecule has 0 spiro atoms. The molecule has 5 heteroatoms. The molecule has 0 aliphatic heterocycles. The second-order valence-corrected chi connectivity index (χ2v) is 4.17. The number of carbonyl (C=O) groups is 1. The number of thiazole rings is 1. The number of aromatic carboxylic acids is 1. The summed E-state index contributed by atoms with van der Waals surface area (Å²) in [5, 5.41) is 9.50. The summed E-state index contributed by atoms with van der Waals surface area (Å²) in [6.07, 6.45) is 1.57. The third-order valence-electron chi connectivity index (χ3n) is 2.05. The Balaban J connectivity index is 2.52. The van der Waals surface area contributed by atoms with Gasteiger partial charge in [-0.05, 0) is 25.5 Å². The predicted octanol–water partition coefficient (Wildman–Crippen LogP) is 2.72. The van der Waals surface area contributed by atoms with E-state index in [1.54, 1.807) is 13.2 Å². The molecule has 78 valence electrons. The van der Waals surface area contributed by atoms with E-state index >= 15 is 0 Å². The van der Waals surface area contributed by atoms with E-state index in [0.717, 1.165) is 16.9 Å². The van der Waals surface area contributed by atoms with Gasteiger partial charge in [-0.25, -0.2) is 9.78 Å². The average Bonchev–Trinajstić information content (AvgIpc) is 2.71. The molecule has 0 atom stereocenters. The van der Waals surface area contributed by atoms with E-state index in [1.165, 1.54) is 0 Å². The summed E-state index contributed by atoms with van der Waals surface area (Å²) < 4.78 is 5.25. The fraction of sp³-hybridized carbons (Fsp3) is 0.200. The van der Waals surface area contributed by atoms with Crippen molar-refractivity contribution in [1.29, 1.82) is 0 Å². The molecule has 1 N–H and O–H groups in total. The zero-order valence-electron chi connectivity index (χ0n) is 8.27. The maximum absolute atomic E-state index is 10.8. The first-order chi connectivity index (χ1) is 7.09. The summed E-state index contributed by atoms with van der Waals surface area (Å²) in [5.74, 6) is -0.295.